The molecule has 2 aliphatic carbocycles. The van der Waals surface area contributed by atoms with Crippen LogP contribution in [0, 0.1) is 0 Å². The van der Waals surface area contributed by atoms with Gasteiger partial charge in [-0.15, -0.1) is 0 Å². The van der Waals surface area contributed by atoms with E-state index in [1.807, 2.05) is 0 Å². The van der Waals surface area contributed by atoms with Crippen molar-refractivity contribution < 1.29 is 49.5 Å². The summed E-state index contributed by atoms with van der Waals surface area (Å²) < 4.78 is 1.63. The summed E-state index contributed by atoms with van der Waals surface area (Å²) in [6, 6.07) is 14.6. The Kier molecular flexibility index (Phi) is 13.4. The molecule has 0 atom stereocenters. The van der Waals surface area contributed by atoms with Crippen LogP contribution in [0.1, 0.15) is 94.4 Å². The van der Waals surface area contributed by atoms with Crippen molar-refractivity contribution in [3.63, 3.8) is 0 Å². The second-order valence-corrected chi connectivity index (χ2v) is 10.2. The molecule has 0 radical (unpaired) electrons. The van der Waals surface area contributed by atoms with Gasteiger partial charge in [0.05, 0.1) is 0 Å². The summed E-state index contributed by atoms with van der Waals surface area (Å²) in [6.07, 6.45) is 14.7. The smallest absolute Gasteiger partial charge is 1.00 e. The summed E-state index contributed by atoms with van der Waals surface area (Å²) in [4.78, 5) is 0. The number of halogens is 2. The molecule has 0 aliphatic heterocycles. The summed E-state index contributed by atoms with van der Waals surface area (Å²) in [6.45, 7) is 8.81. The molecular weight excluding hydrogens is 510 g/mol. The van der Waals surface area contributed by atoms with E-state index in [2.05, 4.69) is 76.2 Å². The van der Waals surface area contributed by atoms with Crippen molar-refractivity contribution in [1.29, 1.82) is 0 Å². The average Bonchev–Trinajstić information content (AvgIpc) is 3.30. The zero-order valence-corrected chi connectivity index (χ0v) is 24.1. The van der Waals surface area contributed by atoms with Crippen LogP contribution in [0.2, 0.25) is 0 Å². The van der Waals surface area contributed by atoms with E-state index in [4.69, 9.17) is 0 Å². The Morgan fingerprint density at radius 3 is 1.62 bits per heavy atom. The van der Waals surface area contributed by atoms with Crippen molar-refractivity contribution in [3.8, 4) is 11.1 Å². The number of hydrogen-bond donors (Lipinski definition) is 0. The third-order valence-electron chi connectivity index (χ3n) is 6.06. The maximum atomic E-state index is 2.52. The summed E-state index contributed by atoms with van der Waals surface area (Å²) in [7, 11) is 0. The van der Waals surface area contributed by atoms with Crippen LogP contribution in [0.15, 0.2) is 57.4 Å². The minimum atomic E-state index is 0. The molecule has 3 heteroatoms. The van der Waals surface area contributed by atoms with E-state index in [1.54, 1.807) is 44.7 Å². The molecule has 0 aromatic heterocycles. The van der Waals surface area contributed by atoms with Crippen molar-refractivity contribution in [2.45, 2.75) is 85.0 Å². The zero-order valence-electron chi connectivity index (χ0n) is 20.1. The van der Waals surface area contributed by atoms with Gasteiger partial charge in [-0.05, 0) is 0 Å². The molecule has 0 spiro atoms. The van der Waals surface area contributed by atoms with E-state index in [1.165, 1.54) is 67.2 Å². The van der Waals surface area contributed by atoms with E-state index in [0.717, 1.165) is 6.42 Å². The number of aryl methyl sites for hydroxylation is 2. The molecule has 171 valence electrons. The third kappa shape index (κ3) is 6.71. The Hall–Kier alpha value is -0.617. The first-order valence-electron chi connectivity index (χ1n) is 12.0. The van der Waals surface area contributed by atoms with Crippen LogP contribution in [0.5, 0.6) is 0 Å². The fourth-order valence-electron chi connectivity index (χ4n) is 4.56. The van der Waals surface area contributed by atoms with Gasteiger partial charge in [0.2, 0.25) is 0 Å². The van der Waals surface area contributed by atoms with E-state index >= 15 is 0 Å². The molecule has 0 saturated carbocycles. The predicted molar refractivity (Wildman–Crippen MR) is 128 cm³/mol. The molecule has 2 aromatic rings. The molecule has 0 amide bonds. The number of unbranched alkanes of at least 4 members (excludes halogenated alkanes) is 2. The summed E-state index contributed by atoms with van der Waals surface area (Å²) in [5, 5.41) is 0. The van der Waals surface area contributed by atoms with E-state index in [-0.39, 0.29) is 24.8 Å². The number of allylic oxidation sites excluding steroid dienone is 4. The van der Waals surface area contributed by atoms with Gasteiger partial charge in [-0.2, -0.15) is 0 Å². The maximum absolute atomic E-state index is 2.52. The standard InChI is InChI=1S/C26H29.C3H8.2ClH.Zr/c1-3-5-9-19-13-15-22-23-16-14-20(10-6-4-2)18-25(23)26(24(22)17-19)21-11-7-8-12-21;1-3-2;;;/h7,11,13-18,26H,3-6,8-10H2,1-2H3;3H2,1-2H3;2*1H;/q;;;;+2/p-2. The van der Waals surface area contributed by atoms with Crippen LogP contribution in [0.3, 0.4) is 0 Å². The normalized spacial score (nSPS) is 13.7. The number of rotatable bonds is 7. The first-order valence-corrected chi connectivity index (χ1v) is 13.2. The van der Waals surface area contributed by atoms with Gasteiger partial charge < -0.3 is 24.8 Å². The van der Waals surface area contributed by atoms with Gasteiger partial charge in [-0.3, -0.25) is 0 Å². The van der Waals surface area contributed by atoms with E-state index in [0.29, 0.717) is 5.92 Å². The third-order valence-corrected chi connectivity index (χ3v) is 7.27. The van der Waals surface area contributed by atoms with Gasteiger partial charge in [0, 0.05) is 0 Å². The Morgan fingerprint density at radius 1 is 0.781 bits per heavy atom. The van der Waals surface area contributed by atoms with Crippen molar-refractivity contribution in [1.82, 2.24) is 0 Å². The Labute approximate surface area is 224 Å². The number of fused-ring (bicyclic) bond motifs is 3. The van der Waals surface area contributed by atoms with Gasteiger partial charge in [0.25, 0.3) is 0 Å². The monoisotopic (exact) mass is 545 g/mol. The van der Waals surface area contributed by atoms with Gasteiger partial charge in [0.1, 0.15) is 0 Å². The molecule has 0 bridgehead atoms. The Bertz CT molecular complexity index is 869. The summed E-state index contributed by atoms with van der Waals surface area (Å²) >= 11 is 1.57. The molecule has 0 unspecified atom stereocenters. The molecule has 0 fully saturated rings. The van der Waals surface area contributed by atoms with Crippen LogP contribution in [-0.2, 0) is 37.6 Å². The fourth-order valence-corrected chi connectivity index (χ4v) is 5.41. The average molecular weight is 548 g/mol. The first kappa shape index (κ1) is 29.4. The summed E-state index contributed by atoms with van der Waals surface area (Å²) in [5.41, 5.74) is 10.6. The van der Waals surface area contributed by atoms with Gasteiger partial charge in [-0.25, -0.2) is 0 Å². The van der Waals surface area contributed by atoms with Crippen molar-refractivity contribution in [2.24, 2.45) is 0 Å². The van der Waals surface area contributed by atoms with Crippen molar-refractivity contribution >= 4 is 0 Å². The minimum Gasteiger partial charge on any atom is -1.00 e. The second kappa shape index (κ2) is 14.6. The maximum Gasteiger partial charge on any atom is -1.00 e. The van der Waals surface area contributed by atoms with Gasteiger partial charge in [0.15, 0.2) is 0 Å². The molecular formula is C29H37Cl2Zr. The molecule has 0 heterocycles. The molecule has 4 rings (SSSR count). The Morgan fingerprint density at radius 2 is 1.25 bits per heavy atom. The molecule has 32 heavy (non-hydrogen) atoms. The number of hydrogen-bond acceptors (Lipinski definition) is 0. The van der Waals surface area contributed by atoms with Gasteiger partial charge in [-0.1, -0.05) is 20.3 Å². The van der Waals surface area contributed by atoms with Crippen molar-refractivity contribution in [3.05, 3.63) is 79.7 Å². The zero-order chi connectivity index (χ0) is 21.5. The SMILES string of the molecule is CCC.CCCCc1ccc2c(c1)C(C1=[C]([Zr+2])CC=C1)c1cc(CCCC)ccc1-2.[Cl-].[Cl-]. The molecule has 2 aromatic carbocycles. The van der Waals surface area contributed by atoms with Crippen LogP contribution < -0.4 is 24.8 Å². The van der Waals surface area contributed by atoms with E-state index < -0.39 is 0 Å². The first-order chi connectivity index (χ1) is 14.6. The van der Waals surface area contributed by atoms with Crippen LogP contribution in [0.25, 0.3) is 11.1 Å². The Balaban J connectivity index is 0.000000971. The molecule has 2 aliphatic rings. The summed E-state index contributed by atoms with van der Waals surface area (Å²) in [5.74, 6) is 0.450. The van der Waals surface area contributed by atoms with Crippen LogP contribution in [0.4, 0.5) is 0 Å². The fraction of sp³-hybridized carbons (Fsp3) is 0.448. The molecule has 0 N–H and O–H groups in total. The van der Waals surface area contributed by atoms with E-state index in [9.17, 15) is 0 Å². The quantitative estimate of drug-likeness (QED) is 0.500. The van der Waals surface area contributed by atoms with Gasteiger partial charge >= 0.3 is 180 Å². The largest absolute Gasteiger partial charge is 1.00 e. The predicted octanol–water partition coefficient (Wildman–Crippen LogP) is 2.67. The second-order valence-electron chi connectivity index (χ2n) is 8.73. The van der Waals surface area contributed by atoms with Crippen LogP contribution >= 0.6 is 0 Å². The topological polar surface area (TPSA) is 0 Å². The molecule has 0 saturated heterocycles. The minimum absolute atomic E-state index is 0. The molecule has 0 nitrogen and oxygen atoms in total. The number of benzene rings is 2. The van der Waals surface area contributed by atoms with Crippen molar-refractivity contribution in [2.75, 3.05) is 0 Å². The van der Waals surface area contributed by atoms with Crippen LogP contribution in [-0.4, -0.2) is 0 Å².